The number of hydrogen-bond donors (Lipinski definition) is 1. The van der Waals surface area contributed by atoms with Crippen LogP contribution in [-0.2, 0) is 4.79 Å². The molecule has 1 N–H and O–H groups in total. The number of ether oxygens (including phenoxy) is 1. The highest BCUT2D eigenvalue weighted by atomic mass is 19.1. The SMILES string of the molecule is CC(C)c1ccc(C(=O)c2ccc(OC(CCN(C)CC(=O)O)c3ccc(F)cc3)cc2)cc1. The molecule has 0 bridgehead atoms. The Labute approximate surface area is 199 Å². The van der Waals surface area contributed by atoms with Crippen LogP contribution in [0.25, 0.3) is 0 Å². The first kappa shape index (κ1) is 25.1. The van der Waals surface area contributed by atoms with Crippen molar-refractivity contribution in [2.24, 2.45) is 0 Å². The molecule has 6 heteroatoms. The zero-order valence-electron chi connectivity index (χ0n) is 19.7. The summed E-state index contributed by atoms with van der Waals surface area (Å²) in [4.78, 5) is 25.5. The molecule has 0 saturated heterocycles. The lowest BCUT2D eigenvalue weighted by Gasteiger charge is -2.22. The van der Waals surface area contributed by atoms with Gasteiger partial charge in [-0.15, -0.1) is 0 Å². The van der Waals surface area contributed by atoms with Crippen LogP contribution < -0.4 is 4.74 Å². The monoisotopic (exact) mass is 463 g/mol. The Bertz CT molecular complexity index is 1090. The normalized spacial score (nSPS) is 12.1. The predicted molar refractivity (Wildman–Crippen MR) is 130 cm³/mol. The first-order chi connectivity index (χ1) is 16.2. The third-order valence-corrected chi connectivity index (χ3v) is 5.65. The largest absolute Gasteiger partial charge is 0.486 e. The van der Waals surface area contributed by atoms with Gasteiger partial charge in [-0.05, 0) is 60.5 Å². The molecule has 0 fully saturated rings. The van der Waals surface area contributed by atoms with Crippen molar-refractivity contribution in [3.05, 3.63) is 101 Å². The fraction of sp³-hybridized carbons (Fsp3) is 0.286. The number of ketones is 1. The summed E-state index contributed by atoms with van der Waals surface area (Å²) in [6.07, 6.45) is 0.111. The van der Waals surface area contributed by atoms with Crippen molar-refractivity contribution in [3.8, 4) is 5.75 Å². The maximum atomic E-state index is 13.4. The Morgan fingerprint density at radius 2 is 1.41 bits per heavy atom. The molecule has 0 aliphatic heterocycles. The van der Waals surface area contributed by atoms with Crippen molar-refractivity contribution >= 4 is 11.8 Å². The average molecular weight is 464 g/mol. The highest BCUT2D eigenvalue weighted by Gasteiger charge is 2.17. The van der Waals surface area contributed by atoms with E-state index in [0.717, 1.165) is 5.56 Å². The smallest absolute Gasteiger partial charge is 0.317 e. The van der Waals surface area contributed by atoms with Gasteiger partial charge in [-0.2, -0.15) is 0 Å². The molecule has 178 valence electrons. The molecule has 3 rings (SSSR count). The Hall–Kier alpha value is -3.51. The predicted octanol–water partition coefficient (Wildman–Crippen LogP) is 5.71. The van der Waals surface area contributed by atoms with Crippen molar-refractivity contribution < 1.29 is 23.8 Å². The molecule has 3 aromatic rings. The number of aliphatic carboxylic acids is 1. The van der Waals surface area contributed by atoms with Gasteiger partial charge in [0, 0.05) is 24.1 Å². The number of halogens is 1. The number of rotatable bonds is 11. The van der Waals surface area contributed by atoms with E-state index in [9.17, 15) is 14.0 Å². The molecule has 0 aliphatic rings. The molecule has 1 atom stereocenters. The van der Waals surface area contributed by atoms with E-state index in [-0.39, 0.29) is 18.1 Å². The van der Waals surface area contributed by atoms with E-state index in [2.05, 4.69) is 13.8 Å². The van der Waals surface area contributed by atoms with Gasteiger partial charge < -0.3 is 9.84 Å². The van der Waals surface area contributed by atoms with Crippen LogP contribution in [0, 0.1) is 5.82 Å². The maximum Gasteiger partial charge on any atom is 0.317 e. The Balaban J connectivity index is 1.72. The number of carbonyl (C=O) groups excluding carboxylic acids is 1. The van der Waals surface area contributed by atoms with Crippen molar-refractivity contribution in [3.63, 3.8) is 0 Å². The summed E-state index contributed by atoms with van der Waals surface area (Å²) < 4.78 is 19.6. The number of likely N-dealkylation sites (N-methyl/N-ethyl adjacent to an activating group) is 1. The third kappa shape index (κ3) is 6.99. The van der Waals surface area contributed by atoms with Crippen molar-refractivity contribution in [1.82, 2.24) is 4.90 Å². The number of benzene rings is 3. The van der Waals surface area contributed by atoms with E-state index in [4.69, 9.17) is 9.84 Å². The topological polar surface area (TPSA) is 66.8 Å². The number of carboxylic acids is 1. The van der Waals surface area contributed by atoms with Gasteiger partial charge in [0.1, 0.15) is 17.7 Å². The standard InChI is InChI=1S/C28H30FNO4/c1-19(2)20-4-6-22(7-5-20)28(33)23-10-14-25(15-11-23)34-26(16-17-30(3)18-27(31)32)21-8-12-24(29)13-9-21/h4-15,19,26H,16-18H2,1-3H3,(H,31,32). The van der Waals surface area contributed by atoms with Crippen LogP contribution in [0.1, 0.15) is 59.3 Å². The molecule has 0 heterocycles. The average Bonchev–Trinajstić information content (AvgIpc) is 2.82. The lowest BCUT2D eigenvalue weighted by atomic mass is 9.98. The second-order valence-corrected chi connectivity index (χ2v) is 8.71. The van der Waals surface area contributed by atoms with Gasteiger partial charge in [-0.3, -0.25) is 14.5 Å². The van der Waals surface area contributed by atoms with Crippen LogP contribution in [-0.4, -0.2) is 41.9 Å². The van der Waals surface area contributed by atoms with Gasteiger partial charge in [0.05, 0.1) is 6.54 Å². The van der Waals surface area contributed by atoms with Gasteiger partial charge >= 0.3 is 5.97 Å². The first-order valence-corrected chi connectivity index (χ1v) is 11.3. The fourth-order valence-corrected chi connectivity index (χ4v) is 3.65. The number of carboxylic acid groups (broad SMARTS) is 1. The zero-order chi connectivity index (χ0) is 24.7. The van der Waals surface area contributed by atoms with Gasteiger partial charge in [0.25, 0.3) is 0 Å². The fourth-order valence-electron chi connectivity index (χ4n) is 3.65. The van der Waals surface area contributed by atoms with Crippen LogP contribution in [0.2, 0.25) is 0 Å². The van der Waals surface area contributed by atoms with Crippen LogP contribution in [0.4, 0.5) is 4.39 Å². The molecule has 0 aliphatic carbocycles. The second kappa shape index (κ2) is 11.6. The molecule has 0 saturated carbocycles. The molecule has 5 nitrogen and oxygen atoms in total. The summed E-state index contributed by atoms with van der Waals surface area (Å²) in [5.41, 5.74) is 3.16. The molecule has 0 amide bonds. The van der Waals surface area contributed by atoms with Crippen LogP contribution in [0.5, 0.6) is 5.75 Å². The summed E-state index contributed by atoms with van der Waals surface area (Å²) in [6.45, 7) is 4.63. The Morgan fingerprint density at radius 3 is 1.94 bits per heavy atom. The molecule has 0 spiro atoms. The van der Waals surface area contributed by atoms with Gasteiger partial charge in [-0.1, -0.05) is 50.2 Å². The highest BCUT2D eigenvalue weighted by molar-refractivity contribution is 6.09. The van der Waals surface area contributed by atoms with Crippen LogP contribution in [0.3, 0.4) is 0 Å². The summed E-state index contributed by atoms with van der Waals surface area (Å²) in [5.74, 6) is -0.330. The van der Waals surface area contributed by atoms with Crippen molar-refractivity contribution in [2.45, 2.75) is 32.3 Å². The van der Waals surface area contributed by atoms with E-state index in [0.29, 0.717) is 35.8 Å². The molecule has 1 unspecified atom stereocenters. The second-order valence-electron chi connectivity index (χ2n) is 8.71. The lowest BCUT2D eigenvalue weighted by Crippen LogP contribution is -2.28. The minimum absolute atomic E-state index is 0.0627. The van der Waals surface area contributed by atoms with E-state index in [1.807, 2.05) is 24.3 Å². The summed E-state index contributed by atoms with van der Waals surface area (Å²) >= 11 is 0. The molecule has 3 aromatic carbocycles. The summed E-state index contributed by atoms with van der Waals surface area (Å²) in [5, 5.41) is 8.98. The molecule has 0 aromatic heterocycles. The van der Waals surface area contributed by atoms with Crippen molar-refractivity contribution in [2.75, 3.05) is 20.1 Å². The van der Waals surface area contributed by atoms with E-state index < -0.39 is 12.1 Å². The Kier molecular flexibility index (Phi) is 8.55. The van der Waals surface area contributed by atoms with E-state index >= 15 is 0 Å². The molecule has 34 heavy (non-hydrogen) atoms. The highest BCUT2D eigenvalue weighted by Crippen LogP contribution is 2.26. The number of nitrogens with zero attached hydrogens (tertiary/aromatic N) is 1. The number of carbonyl (C=O) groups is 2. The summed E-state index contributed by atoms with van der Waals surface area (Å²) in [6, 6.07) is 20.7. The molecular formula is C28H30FNO4. The third-order valence-electron chi connectivity index (χ3n) is 5.65. The zero-order valence-corrected chi connectivity index (χ0v) is 19.7. The van der Waals surface area contributed by atoms with Gasteiger partial charge in [-0.25, -0.2) is 4.39 Å². The molecular weight excluding hydrogens is 433 g/mol. The Morgan fingerprint density at radius 1 is 0.882 bits per heavy atom. The van der Waals surface area contributed by atoms with Crippen molar-refractivity contribution in [1.29, 1.82) is 0 Å². The minimum Gasteiger partial charge on any atom is -0.486 e. The van der Waals surface area contributed by atoms with E-state index in [1.165, 1.54) is 17.7 Å². The van der Waals surface area contributed by atoms with Gasteiger partial charge in [0.2, 0.25) is 0 Å². The van der Waals surface area contributed by atoms with E-state index in [1.54, 1.807) is 48.3 Å². The van der Waals surface area contributed by atoms with Crippen LogP contribution >= 0.6 is 0 Å². The minimum atomic E-state index is -0.902. The summed E-state index contributed by atoms with van der Waals surface area (Å²) in [7, 11) is 1.73. The first-order valence-electron chi connectivity index (χ1n) is 11.3. The van der Waals surface area contributed by atoms with Crippen LogP contribution in [0.15, 0.2) is 72.8 Å². The number of hydrogen-bond acceptors (Lipinski definition) is 4. The molecule has 0 radical (unpaired) electrons. The maximum absolute atomic E-state index is 13.4. The lowest BCUT2D eigenvalue weighted by molar-refractivity contribution is -0.138. The van der Waals surface area contributed by atoms with Gasteiger partial charge in [0.15, 0.2) is 5.78 Å². The quantitative estimate of drug-likeness (QED) is 0.369.